The summed E-state index contributed by atoms with van der Waals surface area (Å²) in [6, 6.07) is 5.36. The summed E-state index contributed by atoms with van der Waals surface area (Å²) in [5.41, 5.74) is 0.951. The van der Waals surface area contributed by atoms with Gasteiger partial charge in [-0.05, 0) is 26.0 Å². The predicted molar refractivity (Wildman–Crippen MR) is 62.1 cm³/mol. The third-order valence-corrected chi connectivity index (χ3v) is 2.90. The Bertz CT molecular complexity index is 367. The van der Waals surface area contributed by atoms with Gasteiger partial charge in [0, 0.05) is 18.0 Å². The molecule has 0 aromatic heterocycles. The maximum atomic E-state index is 13.6. The van der Waals surface area contributed by atoms with Crippen LogP contribution in [0.3, 0.4) is 0 Å². The van der Waals surface area contributed by atoms with Crippen molar-refractivity contribution in [3.63, 3.8) is 0 Å². The van der Waals surface area contributed by atoms with Crippen molar-refractivity contribution < 1.29 is 9.13 Å². The molecular formula is C13H18FNO. The first-order chi connectivity index (χ1) is 7.72. The molecule has 1 N–H and O–H groups in total. The summed E-state index contributed by atoms with van der Waals surface area (Å²) in [7, 11) is 0. The van der Waals surface area contributed by atoms with Crippen molar-refractivity contribution in [1.29, 1.82) is 0 Å². The number of rotatable bonds is 3. The molecule has 2 nitrogen and oxygen atoms in total. The van der Waals surface area contributed by atoms with Crippen LogP contribution in [0.1, 0.15) is 38.3 Å². The van der Waals surface area contributed by atoms with Gasteiger partial charge >= 0.3 is 0 Å². The highest BCUT2D eigenvalue weighted by molar-refractivity contribution is 5.39. The molecule has 2 atom stereocenters. The van der Waals surface area contributed by atoms with E-state index < -0.39 is 0 Å². The smallest absolute Gasteiger partial charge is 0.165 e. The maximum Gasteiger partial charge on any atom is 0.165 e. The normalized spacial score (nSPS) is 23.7. The minimum absolute atomic E-state index is 0.0683. The second kappa shape index (κ2) is 4.83. The van der Waals surface area contributed by atoms with Crippen LogP contribution in [0.15, 0.2) is 18.2 Å². The summed E-state index contributed by atoms with van der Waals surface area (Å²) in [6.07, 6.45) is 2.05. The molecular weight excluding hydrogens is 205 g/mol. The molecule has 1 aliphatic rings. The second-order valence-electron chi connectivity index (χ2n) is 4.33. The van der Waals surface area contributed by atoms with Crippen LogP contribution in [0, 0.1) is 5.82 Å². The average Bonchev–Trinajstić information content (AvgIpc) is 2.27. The fourth-order valence-electron chi connectivity index (χ4n) is 2.14. The molecule has 0 aliphatic carbocycles. The molecule has 1 heterocycles. The predicted octanol–water partition coefficient (Wildman–Crippen LogP) is 3.04. The van der Waals surface area contributed by atoms with E-state index in [4.69, 9.17) is 4.74 Å². The van der Waals surface area contributed by atoms with Crippen LogP contribution in [0.5, 0.6) is 5.75 Å². The largest absolute Gasteiger partial charge is 0.487 e. The topological polar surface area (TPSA) is 21.3 Å². The van der Waals surface area contributed by atoms with Crippen LogP contribution < -0.4 is 10.1 Å². The standard InChI is InChI=1S/C13H18FNO/c1-3-7-15-12-8-9(2)16-13-10(12)5-4-6-11(13)14/h4-6,9,12,15H,3,7-8H2,1-2H3. The minimum Gasteiger partial charge on any atom is -0.487 e. The number of hydrogen-bond donors (Lipinski definition) is 1. The molecule has 88 valence electrons. The lowest BCUT2D eigenvalue weighted by Crippen LogP contribution is -2.32. The molecule has 3 heteroatoms. The Balaban J connectivity index is 2.27. The molecule has 1 aromatic rings. The third-order valence-electron chi connectivity index (χ3n) is 2.90. The highest BCUT2D eigenvalue weighted by atomic mass is 19.1. The second-order valence-corrected chi connectivity index (χ2v) is 4.33. The number of hydrogen-bond acceptors (Lipinski definition) is 2. The number of nitrogens with one attached hydrogen (secondary N) is 1. The Morgan fingerprint density at radius 2 is 2.31 bits per heavy atom. The average molecular weight is 223 g/mol. The van der Waals surface area contributed by atoms with Gasteiger partial charge in [0.1, 0.15) is 0 Å². The van der Waals surface area contributed by atoms with Gasteiger partial charge < -0.3 is 10.1 Å². The van der Waals surface area contributed by atoms with Crippen molar-refractivity contribution in [3.05, 3.63) is 29.6 Å². The number of fused-ring (bicyclic) bond motifs is 1. The van der Waals surface area contributed by atoms with E-state index in [2.05, 4.69) is 12.2 Å². The van der Waals surface area contributed by atoms with Crippen molar-refractivity contribution in [2.75, 3.05) is 6.54 Å². The minimum atomic E-state index is -0.257. The van der Waals surface area contributed by atoms with Gasteiger partial charge in [-0.15, -0.1) is 0 Å². The Morgan fingerprint density at radius 3 is 3.06 bits per heavy atom. The molecule has 0 saturated carbocycles. The summed E-state index contributed by atoms with van der Waals surface area (Å²) < 4.78 is 19.1. The molecule has 2 unspecified atom stereocenters. The van der Waals surface area contributed by atoms with Crippen molar-refractivity contribution in [3.8, 4) is 5.75 Å². The molecule has 0 fully saturated rings. The Labute approximate surface area is 95.8 Å². The third kappa shape index (κ3) is 2.19. The van der Waals surface area contributed by atoms with Crippen molar-refractivity contribution in [2.45, 2.75) is 38.8 Å². The lowest BCUT2D eigenvalue weighted by Gasteiger charge is -2.31. The summed E-state index contributed by atoms with van der Waals surface area (Å²) in [5, 5.41) is 3.44. The van der Waals surface area contributed by atoms with E-state index in [0.717, 1.165) is 24.9 Å². The summed E-state index contributed by atoms with van der Waals surface area (Å²) >= 11 is 0. The van der Waals surface area contributed by atoms with Gasteiger partial charge in [0.15, 0.2) is 11.6 Å². The van der Waals surface area contributed by atoms with Gasteiger partial charge in [-0.3, -0.25) is 0 Å². The molecule has 1 aliphatic heterocycles. The van der Waals surface area contributed by atoms with Crippen LogP contribution in [-0.2, 0) is 0 Å². The van der Waals surface area contributed by atoms with E-state index in [1.165, 1.54) is 6.07 Å². The summed E-state index contributed by atoms with van der Waals surface area (Å²) in [6.45, 7) is 5.06. The van der Waals surface area contributed by atoms with Gasteiger partial charge in [0.2, 0.25) is 0 Å². The fourth-order valence-corrected chi connectivity index (χ4v) is 2.14. The molecule has 16 heavy (non-hydrogen) atoms. The van der Waals surface area contributed by atoms with Gasteiger partial charge in [-0.2, -0.15) is 0 Å². The highest BCUT2D eigenvalue weighted by Gasteiger charge is 2.27. The van der Waals surface area contributed by atoms with Crippen LogP contribution in [0.4, 0.5) is 4.39 Å². The Kier molecular flexibility index (Phi) is 3.44. The van der Waals surface area contributed by atoms with Crippen LogP contribution in [0.2, 0.25) is 0 Å². The van der Waals surface area contributed by atoms with E-state index >= 15 is 0 Å². The lowest BCUT2D eigenvalue weighted by molar-refractivity contribution is 0.158. The van der Waals surface area contributed by atoms with Crippen LogP contribution in [-0.4, -0.2) is 12.6 Å². The zero-order valence-electron chi connectivity index (χ0n) is 9.79. The molecule has 1 aromatic carbocycles. The number of ether oxygens (including phenoxy) is 1. The molecule has 0 amide bonds. The first-order valence-electron chi connectivity index (χ1n) is 5.90. The molecule has 0 radical (unpaired) electrons. The zero-order chi connectivity index (χ0) is 11.5. The van der Waals surface area contributed by atoms with Crippen molar-refractivity contribution in [2.24, 2.45) is 0 Å². The highest BCUT2D eigenvalue weighted by Crippen LogP contribution is 2.36. The van der Waals surface area contributed by atoms with Gasteiger partial charge in [0.25, 0.3) is 0 Å². The Hall–Kier alpha value is -1.09. The molecule has 0 spiro atoms. The van der Waals surface area contributed by atoms with E-state index in [-0.39, 0.29) is 18.0 Å². The van der Waals surface area contributed by atoms with Gasteiger partial charge in [0.05, 0.1) is 6.10 Å². The SMILES string of the molecule is CCCNC1CC(C)Oc2c(F)cccc21. The van der Waals surface area contributed by atoms with Crippen LogP contribution >= 0.6 is 0 Å². The van der Waals surface area contributed by atoms with E-state index in [9.17, 15) is 4.39 Å². The quantitative estimate of drug-likeness (QED) is 0.850. The van der Waals surface area contributed by atoms with Gasteiger partial charge in [-0.1, -0.05) is 19.1 Å². The number of para-hydroxylation sites is 1. The summed E-state index contributed by atoms with van der Waals surface area (Å²) in [4.78, 5) is 0. The fraction of sp³-hybridized carbons (Fsp3) is 0.538. The number of benzene rings is 1. The van der Waals surface area contributed by atoms with Crippen molar-refractivity contribution >= 4 is 0 Å². The molecule has 2 rings (SSSR count). The number of halogens is 1. The van der Waals surface area contributed by atoms with Crippen molar-refractivity contribution in [1.82, 2.24) is 5.32 Å². The molecule has 0 saturated heterocycles. The van der Waals surface area contributed by atoms with E-state index in [1.54, 1.807) is 6.07 Å². The van der Waals surface area contributed by atoms with E-state index in [1.807, 2.05) is 13.0 Å². The monoisotopic (exact) mass is 223 g/mol. The summed E-state index contributed by atoms with van der Waals surface area (Å²) in [5.74, 6) is 0.169. The Morgan fingerprint density at radius 1 is 1.50 bits per heavy atom. The molecule has 0 bridgehead atoms. The van der Waals surface area contributed by atoms with Crippen LogP contribution in [0.25, 0.3) is 0 Å². The first-order valence-corrected chi connectivity index (χ1v) is 5.90. The first kappa shape index (κ1) is 11.4. The zero-order valence-corrected chi connectivity index (χ0v) is 9.79. The lowest BCUT2D eigenvalue weighted by atomic mass is 9.97. The van der Waals surface area contributed by atoms with Gasteiger partial charge in [-0.25, -0.2) is 4.39 Å². The van der Waals surface area contributed by atoms with E-state index in [0.29, 0.717) is 5.75 Å². The maximum absolute atomic E-state index is 13.6.